The summed E-state index contributed by atoms with van der Waals surface area (Å²) in [7, 11) is -2.41. The minimum absolute atomic E-state index is 0.0653. The van der Waals surface area contributed by atoms with Crippen LogP contribution in [0.25, 0.3) is 0 Å². The van der Waals surface area contributed by atoms with E-state index < -0.39 is 10.0 Å². The summed E-state index contributed by atoms with van der Waals surface area (Å²) in [6.45, 7) is 7.85. The fourth-order valence-electron chi connectivity index (χ4n) is 2.45. The Morgan fingerprint density at radius 2 is 1.88 bits per heavy atom. The summed E-state index contributed by atoms with van der Waals surface area (Å²) in [6, 6.07) is 3.89. The van der Waals surface area contributed by atoms with Gasteiger partial charge in [0.05, 0.1) is 7.11 Å². The zero-order chi connectivity index (χ0) is 19.2. The number of hydrogen-bond donors (Lipinski definition) is 3. The van der Waals surface area contributed by atoms with Crippen LogP contribution >= 0.6 is 0 Å². The van der Waals surface area contributed by atoms with Crippen LogP contribution in [-0.4, -0.2) is 40.1 Å². The van der Waals surface area contributed by atoms with Crippen LogP contribution in [0.4, 0.5) is 0 Å². The Morgan fingerprint density at radius 3 is 2.36 bits per heavy atom. The highest BCUT2D eigenvalue weighted by molar-refractivity contribution is 7.89. The molecule has 0 aliphatic carbocycles. The number of carbonyl (C=O) groups is 1. The molecule has 0 saturated heterocycles. The van der Waals surface area contributed by atoms with Crippen molar-refractivity contribution in [1.82, 2.24) is 10.0 Å². The predicted molar refractivity (Wildman–Crippen MR) is 98.2 cm³/mol. The van der Waals surface area contributed by atoms with Crippen molar-refractivity contribution >= 4 is 15.9 Å². The van der Waals surface area contributed by atoms with Gasteiger partial charge >= 0.3 is 0 Å². The van der Waals surface area contributed by atoms with E-state index in [1.807, 2.05) is 13.8 Å². The number of methoxy groups -OCH3 is 1. The van der Waals surface area contributed by atoms with E-state index in [1.165, 1.54) is 25.3 Å². The van der Waals surface area contributed by atoms with Gasteiger partial charge in [-0.2, -0.15) is 0 Å². The number of rotatable bonds is 9. The molecular weight excluding hydrogens is 342 g/mol. The van der Waals surface area contributed by atoms with Crippen molar-refractivity contribution in [2.24, 2.45) is 11.7 Å². The van der Waals surface area contributed by atoms with Gasteiger partial charge in [0.1, 0.15) is 10.6 Å². The van der Waals surface area contributed by atoms with Gasteiger partial charge in [-0.3, -0.25) is 4.79 Å². The third-order valence-electron chi connectivity index (χ3n) is 3.48. The summed E-state index contributed by atoms with van der Waals surface area (Å²) >= 11 is 0. The minimum atomic E-state index is -3.79. The van der Waals surface area contributed by atoms with E-state index in [1.54, 1.807) is 13.8 Å². The maximum absolute atomic E-state index is 12.5. The predicted octanol–water partition coefficient (Wildman–Crippen LogP) is 1.49. The molecule has 0 radical (unpaired) electrons. The highest BCUT2D eigenvalue weighted by atomic mass is 32.2. The van der Waals surface area contributed by atoms with Crippen LogP contribution in [0.2, 0.25) is 0 Å². The lowest BCUT2D eigenvalue weighted by Gasteiger charge is -2.19. The van der Waals surface area contributed by atoms with E-state index in [2.05, 4.69) is 10.0 Å². The van der Waals surface area contributed by atoms with E-state index in [4.69, 9.17) is 10.5 Å². The zero-order valence-corrected chi connectivity index (χ0v) is 16.3. The second kappa shape index (κ2) is 9.17. The molecule has 0 aromatic heterocycles. The molecule has 0 saturated carbocycles. The lowest BCUT2D eigenvalue weighted by Crippen LogP contribution is -2.41. The van der Waals surface area contributed by atoms with E-state index in [0.717, 1.165) is 6.42 Å². The van der Waals surface area contributed by atoms with Crippen molar-refractivity contribution in [3.8, 4) is 5.75 Å². The third-order valence-corrected chi connectivity index (χ3v) is 5.16. The van der Waals surface area contributed by atoms with Gasteiger partial charge in [0.2, 0.25) is 10.0 Å². The molecule has 1 unspecified atom stereocenters. The molecule has 0 fully saturated rings. The quantitative estimate of drug-likeness (QED) is 0.609. The zero-order valence-electron chi connectivity index (χ0n) is 15.5. The first kappa shape index (κ1) is 21.4. The smallest absolute Gasteiger partial charge is 0.251 e. The maximum Gasteiger partial charge on any atom is 0.251 e. The molecule has 0 bridgehead atoms. The SMILES string of the molecule is COc1ccc(C(=O)NC(CN)CC(C)C)cc1S(=O)(=O)NC(C)C. The molecular formula is C17H29N3O4S. The molecule has 25 heavy (non-hydrogen) atoms. The molecule has 0 aliphatic heterocycles. The molecule has 1 aromatic rings. The summed E-state index contributed by atoms with van der Waals surface area (Å²) < 4.78 is 32.6. The van der Waals surface area contributed by atoms with Gasteiger partial charge in [0.25, 0.3) is 5.91 Å². The molecule has 8 heteroatoms. The topological polar surface area (TPSA) is 111 Å². The third kappa shape index (κ3) is 6.30. The molecule has 0 spiro atoms. The molecule has 1 atom stereocenters. The molecule has 1 rings (SSSR count). The first-order valence-corrected chi connectivity index (χ1v) is 9.80. The molecule has 1 aromatic carbocycles. The standard InChI is InChI=1S/C17H29N3O4S/c1-11(2)8-14(10-18)19-17(21)13-6-7-15(24-5)16(9-13)25(22,23)20-12(3)4/h6-7,9,11-12,14,20H,8,10,18H2,1-5H3,(H,19,21). The van der Waals surface area contributed by atoms with Gasteiger partial charge < -0.3 is 15.8 Å². The number of nitrogens with one attached hydrogen (secondary N) is 2. The Kier molecular flexibility index (Phi) is 7.85. The van der Waals surface area contributed by atoms with Gasteiger partial charge in [-0.25, -0.2) is 13.1 Å². The average Bonchev–Trinajstić information content (AvgIpc) is 2.51. The lowest BCUT2D eigenvalue weighted by atomic mass is 10.0. The summed E-state index contributed by atoms with van der Waals surface area (Å²) in [4.78, 5) is 12.4. The van der Waals surface area contributed by atoms with Crippen LogP contribution in [0, 0.1) is 5.92 Å². The van der Waals surface area contributed by atoms with Gasteiger partial charge in [0.15, 0.2) is 0 Å². The average molecular weight is 372 g/mol. The second-order valence-corrected chi connectivity index (χ2v) is 8.36. The van der Waals surface area contributed by atoms with Crippen molar-refractivity contribution in [3.63, 3.8) is 0 Å². The fourth-order valence-corrected chi connectivity index (χ4v) is 3.90. The van der Waals surface area contributed by atoms with Gasteiger partial charge in [-0.05, 0) is 44.4 Å². The summed E-state index contributed by atoms with van der Waals surface area (Å²) in [6.07, 6.45) is 0.748. The van der Waals surface area contributed by atoms with E-state index in [9.17, 15) is 13.2 Å². The number of nitrogens with two attached hydrogens (primary N) is 1. The van der Waals surface area contributed by atoms with Crippen LogP contribution in [0.3, 0.4) is 0 Å². The van der Waals surface area contributed by atoms with Crippen molar-refractivity contribution in [1.29, 1.82) is 0 Å². The van der Waals surface area contributed by atoms with Gasteiger partial charge in [-0.1, -0.05) is 13.8 Å². The molecule has 1 amide bonds. The molecule has 0 heterocycles. The number of carbonyl (C=O) groups excluding carboxylic acids is 1. The van der Waals surface area contributed by atoms with Crippen molar-refractivity contribution in [2.45, 2.75) is 51.1 Å². The van der Waals surface area contributed by atoms with Gasteiger partial charge in [-0.15, -0.1) is 0 Å². The second-order valence-electron chi connectivity index (χ2n) is 6.68. The van der Waals surface area contributed by atoms with E-state index in [0.29, 0.717) is 12.5 Å². The Morgan fingerprint density at radius 1 is 1.24 bits per heavy atom. The minimum Gasteiger partial charge on any atom is -0.495 e. The van der Waals surface area contributed by atoms with Crippen LogP contribution in [-0.2, 0) is 10.0 Å². The number of amides is 1. The molecule has 4 N–H and O–H groups in total. The summed E-state index contributed by atoms with van der Waals surface area (Å²) in [5.74, 6) is 0.206. The largest absolute Gasteiger partial charge is 0.495 e. The number of benzene rings is 1. The Labute approximate surface area is 150 Å². The Bertz CT molecular complexity index is 687. The van der Waals surface area contributed by atoms with E-state index in [-0.39, 0.29) is 34.2 Å². The Balaban J connectivity index is 3.14. The number of sulfonamides is 1. The monoisotopic (exact) mass is 371 g/mol. The lowest BCUT2D eigenvalue weighted by molar-refractivity contribution is 0.0933. The van der Waals surface area contributed by atoms with Gasteiger partial charge in [0, 0.05) is 24.2 Å². The van der Waals surface area contributed by atoms with Crippen molar-refractivity contribution in [3.05, 3.63) is 23.8 Å². The van der Waals surface area contributed by atoms with Crippen LogP contribution in [0.15, 0.2) is 23.1 Å². The fraction of sp³-hybridized carbons (Fsp3) is 0.588. The first-order chi connectivity index (χ1) is 11.6. The summed E-state index contributed by atoms with van der Waals surface area (Å²) in [5.41, 5.74) is 5.95. The first-order valence-electron chi connectivity index (χ1n) is 8.32. The maximum atomic E-state index is 12.5. The van der Waals surface area contributed by atoms with E-state index >= 15 is 0 Å². The molecule has 142 valence electrons. The van der Waals surface area contributed by atoms with Crippen LogP contribution < -0.4 is 20.5 Å². The normalized spacial score (nSPS) is 13.1. The molecule has 7 nitrogen and oxygen atoms in total. The van der Waals surface area contributed by atoms with Crippen LogP contribution in [0.5, 0.6) is 5.75 Å². The number of ether oxygens (including phenoxy) is 1. The summed E-state index contributed by atoms with van der Waals surface area (Å²) in [5, 5.41) is 2.85. The van der Waals surface area contributed by atoms with Crippen molar-refractivity contribution < 1.29 is 17.9 Å². The highest BCUT2D eigenvalue weighted by Gasteiger charge is 2.23. The molecule has 0 aliphatic rings. The van der Waals surface area contributed by atoms with Crippen LogP contribution in [0.1, 0.15) is 44.5 Å². The van der Waals surface area contributed by atoms with Crippen molar-refractivity contribution in [2.75, 3.05) is 13.7 Å². The number of hydrogen-bond acceptors (Lipinski definition) is 5. The highest BCUT2D eigenvalue weighted by Crippen LogP contribution is 2.25. The Hall–Kier alpha value is -1.64.